The lowest BCUT2D eigenvalue weighted by atomic mass is 10.00. The van der Waals surface area contributed by atoms with Gasteiger partial charge in [-0.1, -0.05) is 24.3 Å². The maximum Gasteiger partial charge on any atom is 0.227 e. The molecule has 3 heterocycles. The van der Waals surface area contributed by atoms with E-state index in [9.17, 15) is 4.79 Å². The first-order valence-electron chi connectivity index (χ1n) is 8.91. The molecule has 1 fully saturated rings. The van der Waals surface area contributed by atoms with Crippen molar-refractivity contribution in [3.05, 3.63) is 60.6 Å². The maximum atomic E-state index is 13.0. The van der Waals surface area contributed by atoms with Gasteiger partial charge in [0.2, 0.25) is 5.91 Å². The molecule has 25 heavy (non-hydrogen) atoms. The van der Waals surface area contributed by atoms with Crippen LogP contribution >= 0.6 is 0 Å². The van der Waals surface area contributed by atoms with Crippen LogP contribution in [0.5, 0.6) is 0 Å². The first-order valence-corrected chi connectivity index (χ1v) is 8.91. The molecule has 1 aliphatic rings. The van der Waals surface area contributed by atoms with Gasteiger partial charge in [-0.25, -0.2) is 0 Å². The van der Waals surface area contributed by atoms with E-state index in [1.165, 1.54) is 6.42 Å². The summed E-state index contributed by atoms with van der Waals surface area (Å²) in [5.41, 5.74) is 1.94. The van der Waals surface area contributed by atoms with E-state index in [4.69, 9.17) is 0 Å². The fourth-order valence-electron chi connectivity index (χ4n) is 3.72. The molecule has 128 valence electrons. The summed E-state index contributed by atoms with van der Waals surface area (Å²) >= 11 is 0. The molecule has 0 bridgehead atoms. The van der Waals surface area contributed by atoms with E-state index >= 15 is 0 Å². The highest BCUT2D eigenvalue weighted by Crippen LogP contribution is 2.22. The molecule has 0 N–H and O–H groups in total. The highest BCUT2D eigenvalue weighted by atomic mass is 16.2. The first-order chi connectivity index (χ1) is 12.3. The van der Waals surface area contributed by atoms with Crippen molar-refractivity contribution >= 4 is 16.8 Å². The number of amides is 1. The second kappa shape index (κ2) is 7.05. The molecule has 3 aromatic rings. The lowest BCUT2D eigenvalue weighted by molar-refractivity contribution is -0.134. The Morgan fingerprint density at radius 1 is 1.12 bits per heavy atom. The van der Waals surface area contributed by atoms with E-state index in [1.54, 1.807) is 12.4 Å². The van der Waals surface area contributed by atoms with Gasteiger partial charge in [0.25, 0.3) is 0 Å². The minimum atomic E-state index is 0.190. The molecule has 1 amide bonds. The molecule has 0 saturated carbocycles. The van der Waals surface area contributed by atoms with Gasteiger partial charge in [-0.3, -0.25) is 14.5 Å². The van der Waals surface area contributed by atoms with Gasteiger partial charge >= 0.3 is 0 Å². The van der Waals surface area contributed by atoms with E-state index < -0.39 is 0 Å². The zero-order valence-electron chi connectivity index (χ0n) is 14.2. The predicted molar refractivity (Wildman–Crippen MR) is 97.0 cm³/mol. The highest BCUT2D eigenvalue weighted by Gasteiger charge is 2.27. The molecular formula is C20H22N4O. The largest absolute Gasteiger partial charge is 0.338 e. The van der Waals surface area contributed by atoms with E-state index in [1.807, 2.05) is 52.2 Å². The molecule has 4 rings (SSSR count). The minimum Gasteiger partial charge on any atom is -0.338 e. The lowest BCUT2D eigenvalue weighted by Gasteiger charge is -2.36. The average molecular weight is 334 g/mol. The zero-order valence-corrected chi connectivity index (χ0v) is 14.2. The molecule has 0 aliphatic carbocycles. The van der Waals surface area contributed by atoms with Crippen LogP contribution in [0.25, 0.3) is 10.9 Å². The number of hydrogen-bond acceptors (Lipinski definition) is 3. The quantitative estimate of drug-likeness (QED) is 0.737. The van der Waals surface area contributed by atoms with E-state index in [2.05, 4.69) is 10.1 Å². The number of fused-ring (bicyclic) bond motifs is 1. The Morgan fingerprint density at radius 2 is 2.04 bits per heavy atom. The zero-order chi connectivity index (χ0) is 17.1. The van der Waals surface area contributed by atoms with Crippen LogP contribution in [0.2, 0.25) is 0 Å². The Hall–Kier alpha value is -2.69. The van der Waals surface area contributed by atoms with Gasteiger partial charge < -0.3 is 4.90 Å². The number of para-hydroxylation sites is 1. The number of benzene rings is 1. The van der Waals surface area contributed by atoms with Crippen LogP contribution in [-0.4, -0.2) is 38.2 Å². The molecule has 0 spiro atoms. The second-order valence-electron chi connectivity index (χ2n) is 6.63. The summed E-state index contributed by atoms with van der Waals surface area (Å²) in [5, 5.41) is 5.38. The van der Waals surface area contributed by atoms with Crippen molar-refractivity contribution in [1.82, 2.24) is 19.7 Å². The number of piperidine rings is 1. The van der Waals surface area contributed by atoms with Gasteiger partial charge in [0.05, 0.1) is 24.5 Å². The summed E-state index contributed by atoms with van der Waals surface area (Å²) in [6.07, 6.45) is 9.24. The topological polar surface area (TPSA) is 51.0 Å². The van der Waals surface area contributed by atoms with Crippen molar-refractivity contribution in [1.29, 1.82) is 0 Å². The standard InChI is InChI=1S/C20H22N4O/c25-19(14-17-7-3-6-16-8-4-10-21-20(16)17)24-13-2-1-9-18(24)15-23-12-5-11-22-23/h3-8,10-12,18H,1-2,9,13-15H2. The van der Waals surface area contributed by atoms with Crippen molar-refractivity contribution in [3.63, 3.8) is 0 Å². The van der Waals surface area contributed by atoms with Gasteiger partial charge in [0.1, 0.15) is 0 Å². The van der Waals surface area contributed by atoms with Crippen molar-refractivity contribution in [2.45, 2.75) is 38.3 Å². The Balaban J connectivity index is 1.54. The van der Waals surface area contributed by atoms with Crippen LogP contribution in [0.15, 0.2) is 55.0 Å². The fourth-order valence-corrected chi connectivity index (χ4v) is 3.72. The monoisotopic (exact) mass is 334 g/mol. The van der Waals surface area contributed by atoms with Gasteiger partial charge in [-0.15, -0.1) is 0 Å². The number of likely N-dealkylation sites (tertiary alicyclic amines) is 1. The lowest BCUT2D eigenvalue weighted by Crippen LogP contribution is -2.46. The molecule has 1 aliphatic heterocycles. The molecule has 2 aromatic heterocycles. The smallest absolute Gasteiger partial charge is 0.227 e. The summed E-state index contributed by atoms with van der Waals surface area (Å²) in [6, 6.07) is 12.2. The summed E-state index contributed by atoms with van der Waals surface area (Å²) < 4.78 is 1.93. The number of hydrogen-bond donors (Lipinski definition) is 0. The SMILES string of the molecule is O=C(Cc1cccc2cccnc12)N1CCCCC1Cn1cccn1. The summed E-state index contributed by atoms with van der Waals surface area (Å²) in [4.78, 5) is 19.5. The number of carbonyl (C=O) groups is 1. The van der Waals surface area contributed by atoms with Crippen molar-refractivity contribution in [3.8, 4) is 0 Å². The van der Waals surface area contributed by atoms with Gasteiger partial charge in [-0.2, -0.15) is 5.10 Å². The van der Waals surface area contributed by atoms with E-state index in [0.29, 0.717) is 6.42 Å². The summed E-state index contributed by atoms with van der Waals surface area (Å²) in [5.74, 6) is 0.190. The van der Waals surface area contributed by atoms with Crippen LogP contribution in [0, 0.1) is 0 Å². The third kappa shape index (κ3) is 3.40. The molecule has 1 unspecified atom stereocenters. The highest BCUT2D eigenvalue weighted by molar-refractivity contribution is 5.87. The molecule has 1 atom stereocenters. The van der Waals surface area contributed by atoms with E-state index in [0.717, 1.165) is 42.4 Å². The van der Waals surface area contributed by atoms with E-state index in [-0.39, 0.29) is 11.9 Å². The van der Waals surface area contributed by atoms with Crippen molar-refractivity contribution in [2.75, 3.05) is 6.54 Å². The van der Waals surface area contributed by atoms with Gasteiger partial charge in [0.15, 0.2) is 0 Å². The minimum absolute atomic E-state index is 0.190. The molecule has 1 saturated heterocycles. The fraction of sp³-hybridized carbons (Fsp3) is 0.350. The summed E-state index contributed by atoms with van der Waals surface area (Å²) in [7, 11) is 0. The Labute approximate surface area is 147 Å². The third-order valence-electron chi connectivity index (χ3n) is 4.96. The molecule has 5 heteroatoms. The maximum absolute atomic E-state index is 13.0. The number of carbonyl (C=O) groups excluding carboxylic acids is 1. The number of rotatable bonds is 4. The van der Waals surface area contributed by atoms with Gasteiger partial charge in [0, 0.05) is 30.5 Å². The Bertz CT molecular complexity index is 854. The predicted octanol–water partition coefficient (Wildman–Crippen LogP) is 3.06. The molecular weight excluding hydrogens is 312 g/mol. The third-order valence-corrected chi connectivity index (χ3v) is 4.96. The Morgan fingerprint density at radius 3 is 2.92 bits per heavy atom. The van der Waals surface area contributed by atoms with Crippen LogP contribution < -0.4 is 0 Å². The molecule has 1 aromatic carbocycles. The number of nitrogens with zero attached hydrogens (tertiary/aromatic N) is 4. The second-order valence-corrected chi connectivity index (χ2v) is 6.63. The molecule has 0 radical (unpaired) electrons. The average Bonchev–Trinajstić information content (AvgIpc) is 3.15. The number of aromatic nitrogens is 3. The van der Waals surface area contributed by atoms with Crippen molar-refractivity contribution in [2.24, 2.45) is 0 Å². The van der Waals surface area contributed by atoms with Crippen LogP contribution in [0.3, 0.4) is 0 Å². The van der Waals surface area contributed by atoms with Crippen LogP contribution in [0.1, 0.15) is 24.8 Å². The van der Waals surface area contributed by atoms with Crippen molar-refractivity contribution < 1.29 is 4.79 Å². The molecule has 5 nitrogen and oxygen atoms in total. The normalized spacial score (nSPS) is 17.8. The Kier molecular flexibility index (Phi) is 4.46. The van der Waals surface area contributed by atoms with Gasteiger partial charge in [-0.05, 0) is 37.0 Å². The van der Waals surface area contributed by atoms with Crippen LogP contribution in [-0.2, 0) is 17.8 Å². The number of pyridine rings is 1. The first kappa shape index (κ1) is 15.8. The van der Waals surface area contributed by atoms with Crippen LogP contribution in [0.4, 0.5) is 0 Å². The summed E-state index contributed by atoms with van der Waals surface area (Å²) in [6.45, 7) is 1.61.